The molecule has 1 aliphatic rings. The maximum atomic E-state index is 12.2. The molecule has 0 aliphatic carbocycles. The summed E-state index contributed by atoms with van der Waals surface area (Å²) in [6.45, 7) is 0.708. The van der Waals surface area contributed by atoms with Crippen LogP contribution in [-0.4, -0.2) is 33.5 Å². The third kappa shape index (κ3) is 2.79. The molecule has 1 atom stereocenters. The fourth-order valence-electron chi connectivity index (χ4n) is 2.30. The van der Waals surface area contributed by atoms with E-state index in [-0.39, 0.29) is 24.1 Å². The summed E-state index contributed by atoms with van der Waals surface area (Å²) in [4.78, 5) is 14.3. The quantitative estimate of drug-likeness (QED) is 0.805. The highest BCUT2D eigenvalue weighted by Gasteiger charge is 2.30. The standard InChI is InChI=1S/C13H16N2O2S/c14-13(18)11-5-2-6-15(11)12(17)8-9-3-1-4-10(16)7-9/h1,3-4,7,11,16H,2,5-6,8H2,(H2,14,18). The molecule has 1 heterocycles. The molecule has 1 aromatic carbocycles. The Hall–Kier alpha value is -1.62. The molecular weight excluding hydrogens is 248 g/mol. The maximum absolute atomic E-state index is 12.2. The number of nitrogens with two attached hydrogens (primary N) is 1. The van der Waals surface area contributed by atoms with Gasteiger partial charge < -0.3 is 15.7 Å². The van der Waals surface area contributed by atoms with Crippen LogP contribution in [0.5, 0.6) is 5.75 Å². The monoisotopic (exact) mass is 264 g/mol. The first kappa shape index (κ1) is 12.8. The van der Waals surface area contributed by atoms with Gasteiger partial charge in [0.25, 0.3) is 0 Å². The molecule has 5 heteroatoms. The first-order valence-corrected chi connectivity index (χ1v) is 6.35. The zero-order valence-electron chi connectivity index (χ0n) is 10.0. The number of hydrogen-bond donors (Lipinski definition) is 2. The Morgan fingerprint density at radius 3 is 3.00 bits per heavy atom. The molecule has 18 heavy (non-hydrogen) atoms. The van der Waals surface area contributed by atoms with Crippen molar-refractivity contribution in [3.8, 4) is 5.75 Å². The van der Waals surface area contributed by atoms with E-state index < -0.39 is 0 Å². The molecule has 3 N–H and O–H groups in total. The number of likely N-dealkylation sites (tertiary alicyclic amines) is 1. The number of benzene rings is 1. The van der Waals surface area contributed by atoms with Crippen LogP contribution in [0.3, 0.4) is 0 Å². The van der Waals surface area contributed by atoms with E-state index in [0.717, 1.165) is 18.4 Å². The highest BCUT2D eigenvalue weighted by Crippen LogP contribution is 2.20. The van der Waals surface area contributed by atoms with Crippen LogP contribution in [0, 0.1) is 0 Å². The van der Waals surface area contributed by atoms with Gasteiger partial charge in [-0.25, -0.2) is 0 Å². The van der Waals surface area contributed by atoms with Gasteiger partial charge in [-0.3, -0.25) is 4.79 Å². The van der Waals surface area contributed by atoms with Gasteiger partial charge in [-0.15, -0.1) is 0 Å². The van der Waals surface area contributed by atoms with Crippen molar-refractivity contribution >= 4 is 23.1 Å². The van der Waals surface area contributed by atoms with Gasteiger partial charge in [0.05, 0.1) is 17.5 Å². The van der Waals surface area contributed by atoms with Crippen molar-refractivity contribution in [3.05, 3.63) is 29.8 Å². The molecule has 1 unspecified atom stereocenters. The molecule has 0 saturated carbocycles. The van der Waals surface area contributed by atoms with Gasteiger partial charge >= 0.3 is 0 Å². The molecule has 1 saturated heterocycles. The molecule has 1 amide bonds. The summed E-state index contributed by atoms with van der Waals surface area (Å²) in [5, 5.41) is 9.37. The minimum Gasteiger partial charge on any atom is -0.508 e. The zero-order valence-corrected chi connectivity index (χ0v) is 10.8. The zero-order chi connectivity index (χ0) is 13.1. The minimum absolute atomic E-state index is 0.0101. The summed E-state index contributed by atoms with van der Waals surface area (Å²) in [6.07, 6.45) is 2.06. The summed E-state index contributed by atoms with van der Waals surface area (Å²) in [6, 6.07) is 6.63. The molecule has 4 nitrogen and oxygen atoms in total. The van der Waals surface area contributed by atoms with Gasteiger partial charge in [-0.05, 0) is 30.5 Å². The van der Waals surface area contributed by atoms with Crippen LogP contribution in [0.2, 0.25) is 0 Å². The summed E-state index contributed by atoms with van der Waals surface area (Å²) >= 11 is 4.98. The average molecular weight is 264 g/mol. The average Bonchev–Trinajstić information content (AvgIpc) is 2.77. The van der Waals surface area contributed by atoms with Crippen molar-refractivity contribution in [1.82, 2.24) is 4.90 Å². The Kier molecular flexibility index (Phi) is 3.81. The van der Waals surface area contributed by atoms with Crippen molar-refractivity contribution in [3.63, 3.8) is 0 Å². The van der Waals surface area contributed by atoms with Crippen LogP contribution in [0.25, 0.3) is 0 Å². The molecule has 1 fully saturated rings. The fraction of sp³-hybridized carbons (Fsp3) is 0.385. The number of carbonyl (C=O) groups excluding carboxylic acids is 1. The van der Waals surface area contributed by atoms with Crippen LogP contribution in [-0.2, 0) is 11.2 Å². The second kappa shape index (κ2) is 5.35. The number of phenols is 1. The first-order valence-electron chi connectivity index (χ1n) is 5.94. The molecule has 0 spiro atoms. The number of hydrogen-bond acceptors (Lipinski definition) is 3. The lowest BCUT2D eigenvalue weighted by Gasteiger charge is -2.23. The minimum atomic E-state index is -0.107. The first-order chi connectivity index (χ1) is 8.58. The van der Waals surface area contributed by atoms with Crippen LogP contribution in [0.4, 0.5) is 0 Å². The van der Waals surface area contributed by atoms with Crippen molar-refractivity contribution < 1.29 is 9.90 Å². The van der Waals surface area contributed by atoms with Gasteiger partial charge in [0.1, 0.15) is 5.75 Å². The van der Waals surface area contributed by atoms with E-state index in [1.54, 1.807) is 23.1 Å². The van der Waals surface area contributed by atoms with E-state index in [4.69, 9.17) is 18.0 Å². The van der Waals surface area contributed by atoms with Gasteiger partial charge in [0, 0.05) is 6.54 Å². The lowest BCUT2D eigenvalue weighted by Crippen LogP contribution is -2.43. The van der Waals surface area contributed by atoms with Crippen LogP contribution < -0.4 is 5.73 Å². The van der Waals surface area contributed by atoms with Gasteiger partial charge in [-0.2, -0.15) is 0 Å². The highest BCUT2D eigenvalue weighted by atomic mass is 32.1. The van der Waals surface area contributed by atoms with Gasteiger partial charge in [-0.1, -0.05) is 24.4 Å². The summed E-state index contributed by atoms with van der Waals surface area (Å²) in [5.41, 5.74) is 6.44. The Morgan fingerprint density at radius 1 is 1.56 bits per heavy atom. The molecule has 0 aromatic heterocycles. The smallest absolute Gasteiger partial charge is 0.227 e. The van der Waals surface area contributed by atoms with Gasteiger partial charge in [0.2, 0.25) is 5.91 Å². The van der Waals surface area contributed by atoms with E-state index in [9.17, 15) is 9.90 Å². The topological polar surface area (TPSA) is 66.6 Å². The van der Waals surface area contributed by atoms with E-state index in [0.29, 0.717) is 11.5 Å². The number of amides is 1. The lowest BCUT2D eigenvalue weighted by atomic mass is 10.1. The molecular formula is C13H16N2O2S. The predicted octanol–water partition coefficient (Wildman–Crippen LogP) is 1.21. The van der Waals surface area contributed by atoms with E-state index >= 15 is 0 Å². The number of phenolic OH excluding ortho intramolecular Hbond substituents is 1. The highest BCUT2D eigenvalue weighted by molar-refractivity contribution is 7.80. The fourth-order valence-corrected chi connectivity index (χ4v) is 2.55. The third-order valence-electron chi connectivity index (χ3n) is 3.17. The second-order valence-corrected chi connectivity index (χ2v) is 4.97. The number of nitrogens with zero attached hydrogens (tertiary/aromatic N) is 1. The van der Waals surface area contributed by atoms with E-state index in [2.05, 4.69) is 0 Å². The van der Waals surface area contributed by atoms with E-state index in [1.165, 1.54) is 0 Å². The maximum Gasteiger partial charge on any atom is 0.227 e. The van der Waals surface area contributed by atoms with Crippen LogP contribution in [0.15, 0.2) is 24.3 Å². The van der Waals surface area contributed by atoms with Crippen molar-refractivity contribution in [2.75, 3.05) is 6.54 Å². The molecule has 0 radical (unpaired) electrons. The third-order valence-corrected chi connectivity index (χ3v) is 3.44. The van der Waals surface area contributed by atoms with Crippen molar-refractivity contribution in [1.29, 1.82) is 0 Å². The number of carbonyl (C=O) groups is 1. The van der Waals surface area contributed by atoms with Gasteiger partial charge in [0.15, 0.2) is 0 Å². The Bertz CT molecular complexity index is 476. The van der Waals surface area contributed by atoms with Crippen LogP contribution in [0.1, 0.15) is 18.4 Å². The second-order valence-electron chi connectivity index (χ2n) is 4.49. The number of rotatable bonds is 3. The largest absolute Gasteiger partial charge is 0.508 e. The molecule has 1 aliphatic heterocycles. The summed E-state index contributed by atoms with van der Waals surface area (Å²) in [5.74, 6) is 0.184. The van der Waals surface area contributed by atoms with E-state index in [1.807, 2.05) is 6.07 Å². The number of aromatic hydroxyl groups is 1. The summed E-state index contributed by atoms with van der Waals surface area (Å²) < 4.78 is 0. The molecule has 2 rings (SSSR count). The van der Waals surface area contributed by atoms with Crippen LogP contribution >= 0.6 is 12.2 Å². The van der Waals surface area contributed by atoms with Crippen molar-refractivity contribution in [2.45, 2.75) is 25.3 Å². The Balaban J connectivity index is 2.06. The lowest BCUT2D eigenvalue weighted by molar-refractivity contribution is -0.130. The summed E-state index contributed by atoms with van der Waals surface area (Å²) in [7, 11) is 0. The SMILES string of the molecule is NC(=S)C1CCCN1C(=O)Cc1cccc(O)c1. The Labute approximate surface area is 111 Å². The normalized spacial score (nSPS) is 18.9. The predicted molar refractivity (Wildman–Crippen MR) is 73.3 cm³/mol. The molecule has 96 valence electrons. The molecule has 1 aromatic rings. The number of thiocarbonyl (C=S) groups is 1. The van der Waals surface area contributed by atoms with Crippen molar-refractivity contribution in [2.24, 2.45) is 5.73 Å². The molecule has 0 bridgehead atoms. The Morgan fingerprint density at radius 2 is 2.33 bits per heavy atom.